The van der Waals surface area contributed by atoms with Crippen LogP contribution in [-0.2, 0) is 9.53 Å². The number of benzene rings is 1. The summed E-state index contributed by atoms with van der Waals surface area (Å²) in [7, 11) is 0. The van der Waals surface area contributed by atoms with Gasteiger partial charge in [-0.15, -0.1) is 0 Å². The summed E-state index contributed by atoms with van der Waals surface area (Å²) in [6.07, 6.45) is -0.753. The van der Waals surface area contributed by atoms with E-state index in [1.807, 2.05) is 6.92 Å². The van der Waals surface area contributed by atoms with Gasteiger partial charge in [-0.25, -0.2) is 4.79 Å². The molecule has 0 radical (unpaired) electrons. The van der Waals surface area contributed by atoms with Crippen molar-refractivity contribution in [3.05, 3.63) is 33.8 Å². The number of amides is 2. The largest absolute Gasteiger partial charge is 0.450 e. The van der Waals surface area contributed by atoms with E-state index in [9.17, 15) is 9.59 Å². The lowest BCUT2D eigenvalue weighted by Crippen LogP contribution is -2.38. The highest BCUT2D eigenvalue weighted by atomic mass is 35.5. The number of nitrogens with one attached hydrogen (secondary N) is 2. The van der Waals surface area contributed by atoms with E-state index >= 15 is 0 Å². The fourth-order valence-electron chi connectivity index (χ4n) is 1.53. The average molecular weight is 319 g/mol. The molecule has 20 heavy (non-hydrogen) atoms. The topological polar surface area (TPSA) is 67.4 Å². The molecule has 0 fully saturated rings. The first-order chi connectivity index (χ1) is 9.43. The number of alkyl carbamates (subject to hydrolysis) is 1. The molecule has 7 heteroatoms. The summed E-state index contributed by atoms with van der Waals surface area (Å²) in [5, 5.41) is 6.12. The van der Waals surface area contributed by atoms with E-state index in [0.29, 0.717) is 10.0 Å². The Morgan fingerprint density at radius 3 is 2.65 bits per heavy atom. The monoisotopic (exact) mass is 318 g/mol. The number of ether oxygens (including phenoxy) is 1. The van der Waals surface area contributed by atoms with Crippen LogP contribution in [0.5, 0.6) is 0 Å². The molecule has 0 bridgehead atoms. The maximum atomic E-state index is 11.5. The molecule has 0 heterocycles. The van der Waals surface area contributed by atoms with Crippen molar-refractivity contribution in [1.29, 1.82) is 0 Å². The summed E-state index contributed by atoms with van der Waals surface area (Å²) >= 11 is 11.9. The molecule has 1 atom stereocenters. The van der Waals surface area contributed by atoms with Crippen LogP contribution in [0.2, 0.25) is 10.0 Å². The zero-order valence-electron chi connectivity index (χ0n) is 11.2. The SMILES string of the molecule is CCOC(=O)NC(=O)CN[C@H](C)c1ccc(Cl)cc1Cl. The maximum Gasteiger partial charge on any atom is 0.413 e. The lowest BCUT2D eigenvalue weighted by molar-refractivity contribution is -0.119. The Balaban J connectivity index is 2.48. The van der Waals surface area contributed by atoms with E-state index in [1.165, 1.54) is 0 Å². The lowest BCUT2D eigenvalue weighted by Gasteiger charge is -2.15. The maximum absolute atomic E-state index is 11.5. The fraction of sp³-hybridized carbons (Fsp3) is 0.385. The molecule has 0 spiro atoms. The second kappa shape index (κ2) is 8.09. The minimum Gasteiger partial charge on any atom is -0.450 e. The second-order valence-electron chi connectivity index (χ2n) is 4.04. The van der Waals surface area contributed by atoms with Crippen LogP contribution in [0.4, 0.5) is 4.79 Å². The molecule has 5 nitrogen and oxygen atoms in total. The Morgan fingerprint density at radius 2 is 2.05 bits per heavy atom. The van der Waals surface area contributed by atoms with Crippen molar-refractivity contribution in [3.8, 4) is 0 Å². The number of imide groups is 1. The number of rotatable bonds is 5. The fourth-order valence-corrected chi connectivity index (χ4v) is 2.11. The highest BCUT2D eigenvalue weighted by molar-refractivity contribution is 6.35. The molecule has 0 aliphatic carbocycles. The highest BCUT2D eigenvalue weighted by Gasteiger charge is 2.13. The van der Waals surface area contributed by atoms with Crippen molar-refractivity contribution in [2.75, 3.05) is 13.2 Å². The number of carbonyl (C=O) groups is 2. The summed E-state index contributed by atoms with van der Waals surface area (Å²) in [4.78, 5) is 22.5. The van der Waals surface area contributed by atoms with Crippen LogP contribution < -0.4 is 10.6 Å². The number of hydrogen-bond acceptors (Lipinski definition) is 4. The lowest BCUT2D eigenvalue weighted by atomic mass is 10.1. The first-order valence-electron chi connectivity index (χ1n) is 6.09. The Kier molecular flexibility index (Phi) is 6.78. The predicted molar refractivity (Wildman–Crippen MR) is 78.0 cm³/mol. The van der Waals surface area contributed by atoms with Gasteiger partial charge in [-0.05, 0) is 31.5 Å². The van der Waals surface area contributed by atoms with Gasteiger partial charge in [0.25, 0.3) is 0 Å². The zero-order valence-corrected chi connectivity index (χ0v) is 12.7. The summed E-state index contributed by atoms with van der Waals surface area (Å²) in [6.45, 7) is 3.70. The van der Waals surface area contributed by atoms with Gasteiger partial charge in [0, 0.05) is 16.1 Å². The molecule has 1 aromatic carbocycles. The van der Waals surface area contributed by atoms with Crippen molar-refractivity contribution in [3.63, 3.8) is 0 Å². The van der Waals surface area contributed by atoms with E-state index in [-0.39, 0.29) is 19.2 Å². The van der Waals surface area contributed by atoms with E-state index in [4.69, 9.17) is 23.2 Å². The third kappa shape index (κ3) is 5.36. The van der Waals surface area contributed by atoms with Crippen molar-refractivity contribution in [2.45, 2.75) is 19.9 Å². The van der Waals surface area contributed by atoms with Gasteiger partial charge in [-0.1, -0.05) is 29.3 Å². The minimum absolute atomic E-state index is 0.0288. The Hall–Kier alpha value is -1.30. The molecule has 0 saturated heterocycles. The third-order valence-corrected chi connectivity index (χ3v) is 3.08. The molecule has 2 amide bonds. The predicted octanol–water partition coefficient (Wildman–Crippen LogP) is 2.92. The Bertz CT molecular complexity index is 495. The summed E-state index contributed by atoms with van der Waals surface area (Å²) in [5.74, 6) is -0.472. The summed E-state index contributed by atoms with van der Waals surface area (Å²) < 4.78 is 4.60. The van der Waals surface area contributed by atoms with Gasteiger partial charge in [0.05, 0.1) is 13.2 Å². The molecule has 0 aliphatic rings. The molecule has 0 saturated carbocycles. The molecule has 1 rings (SSSR count). The van der Waals surface area contributed by atoms with Crippen LogP contribution in [0.15, 0.2) is 18.2 Å². The van der Waals surface area contributed by atoms with Crippen LogP contribution in [0, 0.1) is 0 Å². The van der Waals surface area contributed by atoms with Gasteiger partial charge in [-0.3, -0.25) is 10.1 Å². The standard InChI is InChI=1S/C13H16Cl2N2O3/c1-3-20-13(19)17-12(18)7-16-8(2)10-5-4-9(14)6-11(10)15/h4-6,8,16H,3,7H2,1-2H3,(H,17,18,19)/t8-/m1/s1. The second-order valence-corrected chi connectivity index (χ2v) is 4.88. The van der Waals surface area contributed by atoms with Crippen molar-refractivity contribution in [1.82, 2.24) is 10.6 Å². The van der Waals surface area contributed by atoms with E-state index in [2.05, 4.69) is 15.4 Å². The first-order valence-corrected chi connectivity index (χ1v) is 6.84. The van der Waals surface area contributed by atoms with Crippen LogP contribution in [-0.4, -0.2) is 25.2 Å². The van der Waals surface area contributed by atoms with Crippen LogP contribution in [0.1, 0.15) is 25.5 Å². The van der Waals surface area contributed by atoms with E-state index < -0.39 is 12.0 Å². The molecule has 0 aliphatic heterocycles. The molecule has 0 aromatic heterocycles. The number of hydrogen-bond donors (Lipinski definition) is 2. The molecule has 110 valence electrons. The zero-order chi connectivity index (χ0) is 15.1. The van der Waals surface area contributed by atoms with Gasteiger partial charge < -0.3 is 10.1 Å². The molecule has 1 aromatic rings. The van der Waals surface area contributed by atoms with Gasteiger partial charge in [0.2, 0.25) is 5.91 Å². The smallest absolute Gasteiger partial charge is 0.413 e. The van der Waals surface area contributed by atoms with Crippen LogP contribution in [0.3, 0.4) is 0 Å². The van der Waals surface area contributed by atoms with Crippen LogP contribution in [0.25, 0.3) is 0 Å². The van der Waals surface area contributed by atoms with Crippen LogP contribution >= 0.6 is 23.2 Å². The Labute approximate surface area is 127 Å². The average Bonchev–Trinajstić information content (AvgIpc) is 2.36. The normalized spacial score (nSPS) is 11.8. The molecule has 0 unspecified atom stereocenters. The van der Waals surface area contributed by atoms with Crippen molar-refractivity contribution < 1.29 is 14.3 Å². The minimum atomic E-state index is -0.753. The molecular weight excluding hydrogens is 303 g/mol. The quantitative estimate of drug-likeness (QED) is 0.876. The van der Waals surface area contributed by atoms with E-state index in [0.717, 1.165) is 5.56 Å². The van der Waals surface area contributed by atoms with Gasteiger partial charge >= 0.3 is 6.09 Å². The summed E-state index contributed by atoms with van der Waals surface area (Å²) in [5.41, 5.74) is 0.819. The Morgan fingerprint density at radius 1 is 1.35 bits per heavy atom. The van der Waals surface area contributed by atoms with Gasteiger partial charge in [0.15, 0.2) is 0 Å². The summed E-state index contributed by atoms with van der Waals surface area (Å²) in [6, 6.07) is 4.98. The third-order valence-electron chi connectivity index (χ3n) is 2.51. The first kappa shape index (κ1) is 16.8. The van der Waals surface area contributed by atoms with Crippen molar-refractivity contribution >= 4 is 35.2 Å². The van der Waals surface area contributed by atoms with Gasteiger partial charge in [-0.2, -0.15) is 0 Å². The van der Waals surface area contributed by atoms with E-state index in [1.54, 1.807) is 25.1 Å². The number of carbonyl (C=O) groups excluding carboxylic acids is 2. The van der Waals surface area contributed by atoms with Crippen molar-refractivity contribution in [2.24, 2.45) is 0 Å². The molecule has 2 N–H and O–H groups in total. The number of halogens is 2. The van der Waals surface area contributed by atoms with Gasteiger partial charge in [0.1, 0.15) is 0 Å². The molecular formula is C13H16Cl2N2O3. The highest BCUT2D eigenvalue weighted by Crippen LogP contribution is 2.25.